The van der Waals surface area contributed by atoms with E-state index in [9.17, 15) is 4.79 Å². The van der Waals surface area contributed by atoms with E-state index in [2.05, 4.69) is 45.9 Å². The van der Waals surface area contributed by atoms with Crippen LogP contribution in [0.4, 0.5) is 0 Å². The predicted molar refractivity (Wildman–Crippen MR) is 104 cm³/mol. The van der Waals surface area contributed by atoms with Gasteiger partial charge in [0.05, 0.1) is 0 Å². The zero-order valence-electron chi connectivity index (χ0n) is 16.3. The molecule has 1 aliphatic carbocycles. The standard InChI is InChI=1S/C22H32O3/c1-17(8-6-9-18(2)13-15-25-21(24)16-23)11-12-20-19(3)10-7-14-22(20,4)5/h6,8-9,11-13,23H,7,10,14-16H2,1-5H3. The number of ether oxygens (including phenoxy) is 1. The summed E-state index contributed by atoms with van der Waals surface area (Å²) >= 11 is 0. The van der Waals surface area contributed by atoms with Gasteiger partial charge in [-0.25, -0.2) is 4.79 Å². The lowest BCUT2D eigenvalue weighted by molar-refractivity contribution is -0.145. The zero-order chi connectivity index (χ0) is 18.9. The molecule has 0 aromatic carbocycles. The van der Waals surface area contributed by atoms with Crippen molar-refractivity contribution in [1.29, 1.82) is 0 Å². The van der Waals surface area contributed by atoms with E-state index in [4.69, 9.17) is 9.84 Å². The van der Waals surface area contributed by atoms with Crippen LogP contribution in [0.1, 0.15) is 53.9 Å². The highest BCUT2D eigenvalue weighted by Crippen LogP contribution is 2.40. The van der Waals surface area contributed by atoms with Gasteiger partial charge in [-0.1, -0.05) is 60.9 Å². The van der Waals surface area contributed by atoms with Gasteiger partial charge in [0.25, 0.3) is 0 Å². The minimum atomic E-state index is -0.607. The van der Waals surface area contributed by atoms with Crippen molar-refractivity contribution in [3.05, 3.63) is 58.7 Å². The summed E-state index contributed by atoms with van der Waals surface area (Å²) in [6.07, 6.45) is 16.0. The van der Waals surface area contributed by atoms with Crippen LogP contribution in [0, 0.1) is 5.41 Å². The van der Waals surface area contributed by atoms with Crippen molar-refractivity contribution in [2.24, 2.45) is 5.41 Å². The van der Waals surface area contributed by atoms with Crippen molar-refractivity contribution in [2.45, 2.75) is 53.9 Å². The third kappa shape index (κ3) is 7.70. The maximum Gasteiger partial charge on any atom is 0.332 e. The Balaban J connectivity index is 2.63. The Kier molecular flexibility index (Phi) is 8.64. The monoisotopic (exact) mass is 344 g/mol. The number of carbonyl (C=O) groups excluding carboxylic acids is 1. The average Bonchev–Trinajstić information content (AvgIpc) is 2.53. The highest BCUT2D eigenvalue weighted by Gasteiger charge is 2.26. The maximum absolute atomic E-state index is 10.8. The van der Waals surface area contributed by atoms with E-state index in [0.29, 0.717) is 0 Å². The van der Waals surface area contributed by atoms with Crippen molar-refractivity contribution in [3.63, 3.8) is 0 Å². The zero-order valence-corrected chi connectivity index (χ0v) is 16.3. The number of carbonyl (C=O) groups is 1. The van der Waals surface area contributed by atoms with Gasteiger partial charge in [0.15, 0.2) is 0 Å². The number of aliphatic hydroxyl groups excluding tert-OH is 1. The second kappa shape index (κ2) is 10.2. The van der Waals surface area contributed by atoms with Crippen LogP contribution in [-0.4, -0.2) is 24.3 Å². The molecule has 1 N–H and O–H groups in total. The molecular weight excluding hydrogens is 312 g/mol. The largest absolute Gasteiger partial charge is 0.460 e. The molecule has 3 heteroatoms. The van der Waals surface area contributed by atoms with Crippen LogP contribution < -0.4 is 0 Å². The lowest BCUT2D eigenvalue weighted by Gasteiger charge is -2.32. The summed E-state index contributed by atoms with van der Waals surface area (Å²) in [7, 11) is 0. The van der Waals surface area contributed by atoms with Crippen LogP contribution in [-0.2, 0) is 9.53 Å². The van der Waals surface area contributed by atoms with Crippen LogP contribution in [0.15, 0.2) is 58.7 Å². The first-order valence-electron chi connectivity index (χ1n) is 8.93. The smallest absolute Gasteiger partial charge is 0.332 e. The molecule has 0 saturated heterocycles. The summed E-state index contributed by atoms with van der Waals surface area (Å²) < 4.78 is 4.79. The van der Waals surface area contributed by atoms with Gasteiger partial charge in [0.1, 0.15) is 13.2 Å². The van der Waals surface area contributed by atoms with Gasteiger partial charge in [0, 0.05) is 0 Å². The molecule has 0 aromatic heterocycles. The van der Waals surface area contributed by atoms with E-state index in [-0.39, 0.29) is 12.0 Å². The molecule has 0 radical (unpaired) electrons. The van der Waals surface area contributed by atoms with E-state index >= 15 is 0 Å². The van der Waals surface area contributed by atoms with Gasteiger partial charge in [-0.15, -0.1) is 0 Å². The molecule has 1 rings (SSSR count). The third-order valence-corrected chi connectivity index (χ3v) is 4.55. The summed E-state index contributed by atoms with van der Waals surface area (Å²) in [4.78, 5) is 10.8. The van der Waals surface area contributed by atoms with E-state index < -0.39 is 12.6 Å². The molecule has 1 aliphatic rings. The summed E-state index contributed by atoms with van der Waals surface area (Å²) in [6, 6.07) is 0. The lowest BCUT2D eigenvalue weighted by Crippen LogP contribution is -2.19. The number of rotatable bonds is 7. The average molecular weight is 344 g/mol. The predicted octanol–water partition coefficient (Wildman–Crippen LogP) is 5.05. The number of hydrogen-bond acceptors (Lipinski definition) is 3. The fourth-order valence-electron chi connectivity index (χ4n) is 3.01. The Labute approximate surface area is 152 Å². The number of hydrogen-bond donors (Lipinski definition) is 1. The number of esters is 1. The molecular formula is C22H32O3. The quantitative estimate of drug-likeness (QED) is 0.519. The SMILES string of the molecule is CC(C=CC1=C(C)CCCC1(C)C)=CC=CC(C)=CCOC(=O)CO. The first kappa shape index (κ1) is 21.2. The fraction of sp³-hybridized carbons (Fsp3) is 0.500. The van der Waals surface area contributed by atoms with Crippen LogP contribution in [0.3, 0.4) is 0 Å². The highest BCUT2D eigenvalue weighted by molar-refractivity contribution is 5.70. The van der Waals surface area contributed by atoms with E-state index in [1.165, 1.54) is 36.0 Å². The van der Waals surface area contributed by atoms with Crippen LogP contribution in [0.5, 0.6) is 0 Å². The first-order chi connectivity index (χ1) is 11.8. The maximum atomic E-state index is 10.8. The minimum Gasteiger partial charge on any atom is -0.460 e. The summed E-state index contributed by atoms with van der Waals surface area (Å²) in [5.74, 6) is -0.607. The van der Waals surface area contributed by atoms with Crippen LogP contribution in [0.25, 0.3) is 0 Å². The molecule has 3 nitrogen and oxygen atoms in total. The molecule has 138 valence electrons. The third-order valence-electron chi connectivity index (χ3n) is 4.55. The van der Waals surface area contributed by atoms with Gasteiger partial charge >= 0.3 is 5.97 Å². The Hall–Kier alpha value is -1.87. The molecule has 0 aromatic rings. The van der Waals surface area contributed by atoms with Gasteiger partial charge < -0.3 is 9.84 Å². The molecule has 0 heterocycles. The first-order valence-corrected chi connectivity index (χ1v) is 8.93. The molecule has 0 fully saturated rings. The van der Waals surface area contributed by atoms with E-state index in [0.717, 1.165) is 5.57 Å². The van der Waals surface area contributed by atoms with Gasteiger partial charge in [-0.05, 0) is 57.1 Å². The second-order valence-electron chi connectivity index (χ2n) is 7.32. The summed E-state index contributed by atoms with van der Waals surface area (Å²) in [6.45, 7) is 10.5. The molecule has 25 heavy (non-hydrogen) atoms. The van der Waals surface area contributed by atoms with Crippen molar-refractivity contribution in [3.8, 4) is 0 Å². The highest BCUT2D eigenvalue weighted by atomic mass is 16.5. The molecule has 0 saturated carbocycles. The Morgan fingerprint density at radius 1 is 1.24 bits per heavy atom. The second-order valence-corrected chi connectivity index (χ2v) is 7.32. The van der Waals surface area contributed by atoms with Crippen molar-refractivity contribution < 1.29 is 14.6 Å². The molecule has 0 bridgehead atoms. The summed E-state index contributed by atoms with van der Waals surface area (Å²) in [5.41, 5.74) is 5.44. The lowest BCUT2D eigenvalue weighted by atomic mass is 9.72. The van der Waals surface area contributed by atoms with E-state index in [1.807, 2.05) is 25.2 Å². The van der Waals surface area contributed by atoms with Crippen molar-refractivity contribution in [2.75, 3.05) is 13.2 Å². The molecule has 0 amide bonds. The Morgan fingerprint density at radius 3 is 2.60 bits per heavy atom. The normalized spacial score (nSPS) is 19.1. The molecule has 0 spiro atoms. The van der Waals surface area contributed by atoms with E-state index in [1.54, 1.807) is 0 Å². The summed E-state index contributed by atoms with van der Waals surface area (Å²) in [5, 5.41) is 8.57. The molecule has 0 atom stereocenters. The van der Waals surface area contributed by atoms with Gasteiger partial charge in [-0.3, -0.25) is 0 Å². The van der Waals surface area contributed by atoms with Crippen molar-refractivity contribution in [1.82, 2.24) is 0 Å². The fourth-order valence-corrected chi connectivity index (χ4v) is 3.01. The Bertz CT molecular complexity index is 613. The number of aliphatic hydroxyl groups is 1. The van der Waals surface area contributed by atoms with Crippen molar-refractivity contribution >= 4 is 5.97 Å². The van der Waals surface area contributed by atoms with Crippen LogP contribution in [0.2, 0.25) is 0 Å². The van der Waals surface area contributed by atoms with Gasteiger partial charge in [0.2, 0.25) is 0 Å². The topological polar surface area (TPSA) is 46.5 Å². The minimum absolute atomic E-state index is 0.181. The number of allylic oxidation sites excluding steroid dienone is 9. The van der Waals surface area contributed by atoms with Gasteiger partial charge in [-0.2, -0.15) is 0 Å². The molecule has 0 aliphatic heterocycles. The van der Waals surface area contributed by atoms with Crippen LogP contribution >= 0.6 is 0 Å². The Morgan fingerprint density at radius 2 is 1.96 bits per heavy atom. The molecule has 0 unspecified atom stereocenters.